The van der Waals surface area contributed by atoms with Gasteiger partial charge in [0.2, 0.25) is 15.9 Å². The summed E-state index contributed by atoms with van der Waals surface area (Å²) in [5, 5.41) is 0. The van der Waals surface area contributed by atoms with Crippen molar-refractivity contribution in [3.63, 3.8) is 0 Å². The molecule has 2 aliphatic rings. The number of hydrogen-bond donors (Lipinski definition) is 0. The maximum absolute atomic E-state index is 12.8. The van der Waals surface area contributed by atoms with E-state index in [1.807, 2.05) is 11.0 Å². The van der Waals surface area contributed by atoms with Gasteiger partial charge < -0.3 is 9.80 Å². The molecule has 2 fully saturated rings. The first-order valence-corrected chi connectivity index (χ1v) is 10.3. The number of carbonyl (C=O) groups excluding carboxylic acids is 1. The van der Waals surface area contributed by atoms with E-state index in [9.17, 15) is 13.2 Å². The molecule has 0 bridgehead atoms. The molecule has 6 nitrogen and oxygen atoms in total. The fourth-order valence-electron chi connectivity index (χ4n) is 3.60. The van der Waals surface area contributed by atoms with Crippen molar-refractivity contribution in [2.24, 2.45) is 0 Å². The number of benzene rings is 1. The molecule has 132 valence electrons. The number of piperazine rings is 1. The molecule has 0 aliphatic carbocycles. The lowest BCUT2D eigenvalue weighted by molar-refractivity contribution is -0.134. The molecule has 0 aromatic heterocycles. The zero-order valence-corrected chi connectivity index (χ0v) is 15.1. The molecule has 2 saturated heterocycles. The highest BCUT2D eigenvalue weighted by molar-refractivity contribution is 7.88. The van der Waals surface area contributed by atoms with Crippen molar-refractivity contribution in [3.8, 4) is 0 Å². The Labute approximate surface area is 144 Å². The van der Waals surface area contributed by atoms with E-state index in [0.717, 1.165) is 19.5 Å². The summed E-state index contributed by atoms with van der Waals surface area (Å²) >= 11 is 0. The maximum atomic E-state index is 12.8. The second-order valence-corrected chi connectivity index (χ2v) is 8.62. The highest BCUT2D eigenvalue weighted by Gasteiger charge is 2.39. The van der Waals surface area contributed by atoms with E-state index in [0.29, 0.717) is 26.1 Å². The molecular formula is C17H25N3O3S. The lowest BCUT2D eigenvalue weighted by Crippen LogP contribution is -2.54. The average molecular weight is 351 g/mol. The van der Waals surface area contributed by atoms with Gasteiger partial charge in [-0.25, -0.2) is 8.42 Å². The first kappa shape index (κ1) is 17.2. The Morgan fingerprint density at radius 2 is 1.83 bits per heavy atom. The number of carbonyl (C=O) groups is 1. The Morgan fingerprint density at radius 3 is 2.46 bits per heavy atom. The van der Waals surface area contributed by atoms with E-state index in [1.54, 1.807) is 0 Å². The van der Waals surface area contributed by atoms with Crippen LogP contribution in [0.1, 0.15) is 18.4 Å². The molecule has 1 amide bonds. The lowest BCUT2D eigenvalue weighted by atomic mass is 10.1. The third-order valence-electron chi connectivity index (χ3n) is 4.87. The molecule has 2 heterocycles. The van der Waals surface area contributed by atoms with E-state index < -0.39 is 16.1 Å². The average Bonchev–Trinajstić information content (AvgIpc) is 3.04. The predicted octanol–water partition coefficient (Wildman–Crippen LogP) is 1.07. The molecule has 1 aromatic carbocycles. The van der Waals surface area contributed by atoms with Crippen LogP contribution >= 0.6 is 0 Å². The Bertz CT molecular complexity index is 712. The predicted molar refractivity (Wildman–Crippen MR) is 94.5 cm³/mol. The molecule has 1 aromatic rings. The Hall–Kier alpha value is -1.60. The van der Waals surface area contributed by atoms with Crippen LogP contribution in [0.15, 0.2) is 24.3 Å². The summed E-state index contributed by atoms with van der Waals surface area (Å²) in [7, 11) is -3.32. The Morgan fingerprint density at radius 1 is 1.12 bits per heavy atom. The van der Waals surface area contributed by atoms with Gasteiger partial charge >= 0.3 is 0 Å². The van der Waals surface area contributed by atoms with Crippen LogP contribution in [0.4, 0.5) is 5.69 Å². The Kier molecular flexibility index (Phi) is 4.83. The first-order chi connectivity index (χ1) is 11.4. The van der Waals surface area contributed by atoms with Crippen molar-refractivity contribution in [2.75, 3.05) is 43.9 Å². The van der Waals surface area contributed by atoms with Crippen LogP contribution < -0.4 is 4.90 Å². The van der Waals surface area contributed by atoms with Crippen molar-refractivity contribution >= 4 is 21.6 Å². The molecule has 0 radical (unpaired) electrons. The van der Waals surface area contributed by atoms with Gasteiger partial charge in [-0.2, -0.15) is 4.31 Å². The van der Waals surface area contributed by atoms with Crippen LogP contribution in [0, 0.1) is 6.92 Å². The second-order valence-electron chi connectivity index (χ2n) is 6.68. The minimum atomic E-state index is -3.32. The van der Waals surface area contributed by atoms with Gasteiger partial charge in [0.05, 0.1) is 6.26 Å². The summed E-state index contributed by atoms with van der Waals surface area (Å²) in [6, 6.07) is 7.85. The summed E-state index contributed by atoms with van der Waals surface area (Å²) in [6.07, 6.45) is 2.57. The summed E-state index contributed by atoms with van der Waals surface area (Å²) in [6.45, 7) is 5.37. The van der Waals surface area contributed by atoms with Crippen molar-refractivity contribution in [3.05, 3.63) is 29.8 Å². The van der Waals surface area contributed by atoms with E-state index in [2.05, 4.69) is 30.0 Å². The Balaban J connectivity index is 1.63. The van der Waals surface area contributed by atoms with Gasteiger partial charge in [0, 0.05) is 38.4 Å². The van der Waals surface area contributed by atoms with Gasteiger partial charge in [0.1, 0.15) is 6.04 Å². The maximum Gasteiger partial charge on any atom is 0.241 e. The normalized spacial score (nSPS) is 22.8. The van der Waals surface area contributed by atoms with Crippen LogP contribution in [-0.4, -0.2) is 68.6 Å². The quantitative estimate of drug-likeness (QED) is 0.817. The van der Waals surface area contributed by atoms with Crippen LogP contribution in [0.5, 0.6) is 0 Å². The molecule has 0 N–H and O–H groups in total. The van der Waals surface area contributed by atoms with Gasteiger partial charge in [-0.05, 0) is 37.5 Å². The van der Waals surface area contributed by atoms with Crippen molar-refractivity contribution in [2.45, 2.75) is 25.8 Å². The summed E-state index contributed by atoms with van der Waals surface area (Å²) in [5.74, 6) is -0.0400. The molecule has 1 atom stereocenters. The number of nitrogens with zero attached hydrogens (tertiary/aromatic N) is 3. The standard InChI is InChI=1S/C17H25N3O3S/c1-14-5-3-6-15(13-14)18-9-11-19(12-10-18)17(21)16-7-4-8-20(16)24(2,22)23/h3,5-6,13,16H,4,7-12H2,1-2H3. The lowest BCUT2D eigenvalue weighted by Gasteiger charge is -2.38. The third kappa shape index (κ3) is 3.57. The van der Waals surface area contributed by atoms with Gasteiger partial charge in [0.25, 0.3) is 0 Å². The SMILES string of the molecule is Cc1cccc(N2CCN(C(=O)C3CCCN3S(C)(=O)=O)CC2)c1. The number of amides is 1. The van der Waals surface area contributed by atoms with Crippen LogP contribution in [-0.2, 0) is 14.8 Å². The van der Waals surface area contributed by atoms with E-state index in [1.165, 1.54) is 21.8 Å². The van der Waals surface area contributed by atoms with Gasteiger partial charge in [-0.15, -0.1) is 0 Å². The van der Waals surface area contributed by atoms with Crippen molar-refractivity contribution in [1.29, 1.82) is 0 Å². The zero-order chi connectivity index (χ0) is 17.3. The molecule has 0 spiro atoms. The summed E-state index contributed by atoms with van der Waals surface area (Å²) < 4.78 is 25.1. The summed E-state index contributed by atoms with van der Waals surface area (Å²) in [4.78, 5) is 16.9. The minimum absolute atomic E-state index is 0.0400. The largest absolute Gasteiger partial charge is 0.368 e. The van der Waals surface area contributed by atoms with Crippen LogP contribution in [0.2, 0.25) is 0 Å². The van der Waals surface area contributed by atoms with Gasteiger partial charge in [0.15, 0.2) is 0 Å². The van der Waals surface area contributed by atoms with Gasteiger partial charge in [-0.1, -0.05) is 12.1 Å². The van der Waals surface area contributed by atoms with E-state index in [-0.39, 0.29) is 5.91 Å². The fraction of sp³-hybridized carbons (Fsp3) is 0.588. The first-order valence-electron chi connectivity index (χ1n) is 8.43. The molecule has 0 saturated carbocycles. The number of anilines is 1. The number of hydrogen-bond acceptors (Lipinski definition) is 4. The number of sulfonamides is 1. The molecular weight excluding hydrogens is 326 g/mol. The van der Waals surface area contributed by atoms with Crippen LogP contribution in [0.25, 0.3) is 0 Å². The molecule has 2 aliphatic heterocycles. The number of aryl methyl sites for hydroxylation is 1. The monoisotopic (exact) mass is 351 g/mol. The zero-order valence-electron chi connectivity index (χ0n) is 14.3. The van der Waals surface area contributed by atoms with Crippen molar-refractivity contribution in [1.82, 2.24) is 9.21 Å². The smallest absolute Gasteiger partial charge is 0.241 e. The molecule has 7 heteroatoms. The van der Waals surface area contributed by atoms with E-state index >= 15 is 0 Å². The van der Waals surface area contributed by atoms with E-state index in [4.69, 9.17) is 0 Å². The third-order valence-corrected chi connectivity index (χ3v) is 6.16. The highest BCUT2D eigenvalue weighted by Crippen LogP contribution is 2.24. The minimum Gasteiger partial charge on any atom is -0.368 e. The topological polar surface area (TPSA) is 60.9 Å². The van der Waals surface area contributed by atoms with Gasteiger partial charge in [-0.3, -0.25) is 4.79 Å². The van der Waals surface area contributed by atoms with Crippen molar-refractivity contribution < 1.29 is 13.2 Å². The summed E-state index contributed by atoms with van der Waals surface area (Å²) in [5.41, 5.74) is 2.40. The molecule has 3 rings (SSSR count). The highest BCUT2D eigenvalue weighted by atomic mass is 32.2. The number of rotatable bonds is 3. The molecule has 24 heavy (non-hydrogen) atoms. The second kappa shape index (κ2) is 6.72. The van der Waals surface area contributed by atoms with Crippen LogP contribution in [0.3, 0.4) is 0 Å². The molecule has 1 unspecified atom stereocenters. The fourth-order valence-corrected chi connectivity index (χ4v) is 4.72.